The fraction of sp³-hybridized carbons (Fsp3) is 0.188. The number of thiophene rings is 1. The maximum Gasteiger partial charge on any atom is 0.0726 e. The Kier molecular flexibility index (Phi) is 8.06. The number of rotatable bonds is 3. The standard InChI is InChI=1S/C64H53NS/c1-61(2,3)39-28-31-45-46-32-29-40(62(4,5)6)36-54(46)64(53(45)35-39)50-23-14-12-20-47(50)59-51(64)24-16-25-55(59)65(41-30-33-44-43-19-11-13-22-49(43)63(7,8)52(44)37-41)56-26-15-21-48-58-42-18-10-9-17-38(42)27-34-57(58)66-60(48)56/h9-37H,1-8H3. The van der Waals surface area contributed by atoms with Crippen LogP contribution in [0.4, 0.5) is 17.1 Å². The van der Waals surface area contributed by atoms with E-state index in [0.29, 0.717) is 0 Å². The summed E-state index contributed by atoms with van der Waals surface area (Å²) >= 11 is 1.92. The lowest BCUT2D eigenvalue weighted by atomic mass is 9.69. The first-order valence-corrected chi connectivity index (χ1v) is 24.5. The van der Waals surface area contributed by atoms with E-state index in [1.807, 2.05) is 11.3 Å². The third-order valence-electron chi connectivity index (χ3n) is 15.6. The van der Waals surface area contributed by atoms with E-state index in [-0.39, 0.29) is 16.2 Å². The Labute approximate surface area is 393 Å². The smallest absolute Gasteiger partial charge is 0.0726 e. The van der Waals surface area contributed by atoms with Gasteiger partial charge in [-0.25, -0.2) is 0 Å². The average Bonchev–Trinajstić information content (AvgIpc) is 4.01. The maximum absolute atomic E-state index is 2.63. The lowest BCUT2D eigenvalue weighted by molar-refractivity contribution is 0.586. The van der Waals surface area contributed by atoms with Crippen LogP contribution in [0.25, 0.3) is 64.3 Å². The predicted molar refractivity (Wildman–Crippen MR) is 283 cm³/mol. The van der Waals surface area contributed by atoms with E-state index in [4.69, 9.17) is 0 Å². The third-order valence-corrected chi connectivity index (χ3v) is 16.8. The Hall–Kier alpha value is -6.74. The van der Waals surface area contributed by atoms with Gasteiger partial charge in [0.2, 0.25) is 0 Å². The Bertz CT molecular complexity index is 3650. The molecule has 0 saturated heterocycles. The van der Waals surface area contributed by atoms with Crippen LogP contribution in [-0.4, -0.2) is 0 Å². The van der Waals surface area contributed by atoms with Crippen LogP contribution in [0.3, 0.4) is 0 Å². The van der Waals surface area contributed by atoms with Gasteiger partial charge < -0.3 is 4.90 Å². The molecule has 1 spiro atoms. The van der Waals surface area contributed by atoms with Crippen LogP contribution in [0.5, 0.6) is 0 Å². The van der Waals surface area contributed by atoms with Gasteiger partial charge in [-0.05, 0) is 124 Å². The molecule has 9 aromatic carbocycles. The molecule has 0 N–H and O–H groups in total. The van der Waals surface area contributed by atoms with E-state index in [2.05, 4.69) is 236 Å². The molecule has 0 saturated carbocycles. The average molecular weight is 868 g/mol. The summed E-state index contributed by atoms with van der Waals surface area (Å²) in [6.45, 7) is 18.9. The summed E-state index contributed by atoms with van der Waals surface area (Å²) < 4.78 is 2.61. The molecule has 1 aromatic heterocycles. The van der Waals surface area contributed by atoms with E-state index in [0.717, 1.165) is 0 Å². The molecule has 66 heavy (non-hydrogen) atoms. The second-order valence-corrected chi connectivity index (χ2v) is 22.7. The van der Waals surface area contributed by atoms with Crippen molar-refractivity contribution in [2.75, 3.05) is 4.90 Å². The van der Waals surface area contributed by atoms with Crippen molar-refractivity contribution in [2.24, 2.45) is 0 Å². The van der Waals surface area contributed by atoms with Gasteiger partial charge in [0.1, 0.15) is 0 Å². The van der Waals surface area contributed by atoms with Gasteiger partial charge in [0.25, 0.3) is 0 Å². The highest BCUT2D eigenvalue weighted by Gasteiger charge is 2.53. The van der Waals surface area contributed by atoms with E-state index < -0.39 is 5.41 Å². The molecule has 3 aliphatic carbocycles. The summed E-state index contributed by atoms with van der Waals surface area (Å²) in [5.41, 5.74) is 21.8. The number of nitrogens with zero attached hydrogens (tertiary/aromatic N) is 1. The number of anilines is 3. The molecular formula is C64H53NS. The van der Waals surface area contributed by atoms with Crippen molar-refractivity contribution in [3.8, 4) is 33.4 Å². The SMILES string of the molecule is CC(C)(C)c1ccc2c(c1)C1(c3cc(C(C)(C)C)ccc3-2)c2ccccc2-c2c(N(c3ccc4c(c3)C(C)(C)c3ccccc3-4)c3cccc4c3sc3ccc5ccccc5c34)cccc21. The van der Waals surface area contributed by atoms with Crippen LogP contribution in [0.2, 0.25) is 0 Å². The summed E-state index contributed by atoms with van der Waals surface area (Å²) in [7, 11) is 0. The van der Waals surface area contributed by atoms with Gasteiger partial charge in [-0.1, -0.05) is 201 Å². The summed E-state index contributed by atoms with van der Waals surface area (Å²) in [6.07, 6.45) is 0. The second-order valence-electron chi connectivity index (χ2n) is 21.7. The molecule has 0 unspecified atom stereocenters. The monoisotopic (exact) mass is 867 g/mol. The molecule has 10 aromatic rings. The Morgan fingerprint density at radius 3 is 1.71 bits per heavy atom. The Morgan fingerprint density at radius 1 is 0.424 bits per heavy atom. The lowest BCUT2D eigenvalue weighted by Gasteiger charge is -2.33. The van der Waals surface area contributed by atoms with Crippen LogP contribution >= 0.6 is 11.3 Å². The highest BCUT2D eigenvalue weighted by molar-refractivity contribution is 7.26. The number of benzene rings is 9. The largest absolute Gasteiger partial charge is 0.308 e. The van der Waals surface area contributed by atoms with Crippen molar-refractivity contribution in [2.45, 2.75) is 77.0 Å². The van der Waals surface area contributed by atoms with Crippen molar-refractivity contribution in [3.05, 3.63) is 220 Å². The van der Waals surface area contributed by atoms with Crippen molar-refractivity contribution in [3.63, 3.8) is 0 Å². The van der Waals surface area contributed by atoms with E-state index in [9.17, 15) is 0 Å². The van der Waals surface area contributed by atoms with Crippen molar-refractivity contribution < 1.29 is 0 Å². The Morgan fingerprint density at radius 2 is 0.985 bits per heavy atom. The molecule has 2 heteroatoms. The molecule has 0 atom stereocenters. The molecule has 0 radical (unpaired) electrons. The van der Waals surface area contributed by atoms with Crippen LogP contribution in [-0.2, 0) is 21.7 Å². The predicted octanol–water partition coefficient (Wildman–Crippen LogP) is 17.9. The number of hydrogen-bond acceptors (Lipinski definition) is 2. The van der Waals surface area contributed by atoms with Crippen LogP contribution < -0.4 is 4.90 Å². The van der Waals surface area contributed by atoms with E-state index in [1.54, 1.807) is 0 Å². The van der Waals surface area contributed by atoms with E-state index >= 15 is 0 Å². The normalized spacial score (nSPS) is 14.9. The topological polar surface area (TPSA) is 3.24 Å². The van der Waals surface area contributed by atoms with Gasteiger partial charge in [0, 0.05) is 32.1 Å². The molecule has 0 aliphatic heterocycles. The highest BCUT2D eigenvalue weighted by Crippen LogP contribution is 2.66. The minimum absolute atomic E-state index is 0.0174. The third kappa shape index (κ3) is 5.22. The molecule has 3 aliphatic rings. The fourth-order valence-electron chi connectivity index (χ4n) is 12.3. The number of hydrogen-bond donors (Lipinski definition) is 0. The molecular weight excluding hydrogens is 815 g/mol. The molecule has 320 valence electrons. The number of fused-ring (bicyclic) bond motifs is 18. The van der Waals surface area contributed by atoms with Crippen molar-refractivity contribution in [1.29, 1.82) is 0 Å². The fourth-order valence-corrected chi connectivity index (χ4v) is 13.5. The first-order valence-electron chi connectivity index (χ1n) is 23.7. The molecule has 0 bridgehead atoms. The quantitative estimate of drug-likeness (QED) is 0.171. The van der Waals surface area contributed by atoms with Gasteiger partial charge in [-0.15, -0.1) is 11.3 Å². The molecule has 13 rings (SSSR count). The summed E-state index contributed by atoms with van der Waals surface area (Å²) in [6, 6.07) is 68.1. The van der Waals surface area contributed by atoms with Crippen LogP contribution in [0, 0.1) is 0 Å². The molecule has 1 heterocycles. The van der Waals surface area contributed by atoms with Crippen LogP contribution in [0.15, 0.2) is 176 Å². The van der Waals surface area contributed by atoms with Gasteiger partial charge in [-0.2, -0.15) is 0 Å². The highest BCUT2D eigenvalue weighted by atomic mass is 32.1. The summed E-state index contributed by atoms with van der Waals surface area (Å²) in [4.78, 5) is 2.63. The minimum atomic E-state index is -0.509. The van der Waals surface area contributed by atoms with Gasteiger partial charge in [0.15, 0.2) is 0 Å². The van der Waals surface area contributed by atoms with E-state index in [1.165, 1.54) is 126 Å². The zero-order chi connectivity index (χ0) is 45.1. The summed E-state index contributed by atoms with van der Waals surface area (Å²) in [5, 5.41) is 5.22. The first kappa shape index (κ1) is 39.6. The van der Waals surface area contributed by atoms with Crippen molar-refractivity contribution in [1.82, 2.24) is 0 Å². The minimum Gasteiger partial charge on any atom is -0.308 e. The lowest BCUT2D eigenvalue weighted by Crippen LogP contribution is -2.27. The maximum atomic E-state index is 2.63. The zero-order valence-corrected chi connectivity index (χ0v) is 39.9. The molecule has 1 nitrogen and oxygen atoms in total. The summed E-state index contributed by atoms with van der Waals surface area (Å²) in [5.74, 6) is 0. The van der Waals surface area contributed by atoms with Gasteiger partial charge in [-0.3, -0.25) is 0 Å². The van der Waals surface area contributed by atoms with Gasteiger partial charge in [0.05, 0.1) is 21.5 Å². The molecule has 0 fully saturated rings. The van der Waals surface area contributed by atoms with Gasteiger partial charge >= 0.3 is 0 Å². The first-order chi connectivity index (χ1) is 31.8. The Balaban J connectivity index is 1.15. The molecule has 0 amide bonds. The zero-order valence-electron chi connectivity index (χ0n) is 39.1. The van der Waals surface area contributed by atoms with Crippen LogP contribution in [0.1, 0.15) is 99.9 Å². The second kappa shape index (κ2) is 13.4. The van der Waals surface area contributed by atoms with Crippen molar-refractivity contribution >= 4 is 59.3 Å².